The van der Waals surface area contributed by atoms with E-state index in [2.05, 4.69) is 10.3 Å². The van der Waals surface area contributed by atoms with E-state index in [4.69, 9.17) is 9.84 Å². The molecule has 18 heavy (non-hydrogen) atoms. The molecule has 6 heteroatoms. The Hall–Kier alpha value is -1.40. The van der Waals surface area contributed by atoms with Gasteiger partial charge in [-0.3, -0.25) is 14.7 Å². The third-order valence-electron chi connectivity index (χ3n) is 3.26. The maximum absolute atomic E-state index is 11.1. The van der Waals surface area contributed by atoms with E-state index in [0.29, 0.717) is 0 Å². The van der Waals surface area contributed by atoms with Crippen molar-refractivity contribution in [2.24, 2.45) is 4.99 Å². The van der Waals surface area contributed by atoms with Gasteiger partial charge < -0.3 is 15.2 Å². The second-order valence-electron chi connectivity index (χ2n) is 4.43. The number of aliphatic hydroxyl groups excluding tert-OH is 1. The summed E-state index contributed by atoms with van der Waals surface area (Å²) in [7, 11) is 1.72. The number of hydrogen-bond donors (Lipinski definition) is 2. The monoisotopic (exact) mass is 253 g/mol. The lowest BCUT2D eigenvalue weighted by molar-refractivity contribution is -0.127. The molecule has 0 radical (unpaired) electrons. The summed E-state index contributed by atoms with van der Waals surface area (Å²) in [5.74, 6) is 0.832. The number of nitrogens with one attached hydrogen (secondary N) is 1. The average molecular weight is 253 g/mol. The summed E-state index contributed by atoms with van der Waals surface area (Å²) in [6.07, 6.45) is 4.51. The molecular formula is C12H19N3O3. The topological polar surface area (TPSA) is 74.2 Å². The lowest BCUT2D eigenvalue weighted by Crippen LogP contribution is -2.31. The molecule has 2 aliphatic heterocycles. The van der Waals surface area contributed by atoms with Crippen LogP contribution < -0.4 is 5.32 Å². The highest BCUT2D eigenvalue weighted by molar-refractivity contribution is 6.00. The zero-order chi connectivity index (χ0) is 13.0. The summed E-state index contributed by atoms with van der Waals surface area (Å²) in [6, 6.07) is 0. The molecule has 0 saturated carbocycles. The molecule has 2 fully saturated rings. The highest BCUT2D eigenvalue weighted by Crippen LogP contribution is 2.23. The average Bonchev–Trinajstić information content (AvgIpc) is 3.04. The zero-order valence-electron chi connectivity index (χ0n) is 10.5. The molecule has 100 valence electrons. The molecule has 2 aliphatic rings. The zero-order valence-corrected chi connectivity index (χ0v) is 10.5. The lowest BCUT2D eigenvalue weighted by atomic mass is 10.2. The van der Waals surface area contributed by atoms with Crippen molar-refractivity contribution in [1.29, 1.82) is 0 Å². The van der Waals surface area contributed by atoms with Crippen LogP contribution >= 0.6 is 0 Å². The van der Waals surface area contributed by atoms with Gasteiger partial charge in [-0.25, -0.2) is 0 Å². The lowest BCUT2D eigenvalue weighted by Gasteiger charge is -2.21. The third kappa shape index (κ3) is 2.70. The molecule has 2 atom stereocenters. The Balaban J connectivity index is 2.05. The van der Waals surface area contributed by atoms with Crippen molar-refractivity contribution >= 4 is 12.2 Å². The minimum absolute atomic E-state index is 0.00297. The van der Waals surface area contributed by atoms with Gasteiger partial charge in [0, 0.05) is 25.4 Å². The van der Waals surface area contributed by atoms with Gasteiger partial charge in [0.15, 0.2) is 0 Å². The maximum Gasteiger partial charge on any atom is 0.215 e. The van der Waals surface area contributed by atoms with Gasteiger partial charge in [-0.1, -0.05) is 0 Å². The van der Waals surface area contributed by atoms with E-state index in [1.807, 2.05) is 0 Å². The molecule has 0 spiro atoms. The van der Waals surface area contributed by atoms with Gasteiger partial charge in [-0.15, -0.1) is 0 Å². The van der Waals surface area contributed by atoms with Crippen LogP contribution in [0.4, 0.5) is 0 Å². The van der Waals surface area contributed by atoms with Crippen molar-refractivity contribution in [2.45, 2.75) is 31.6 Å². The summed E-state index contributed by atoms with van der Waals surface area (Å²) in [4.78, 5) is 16.8. The van der Waals surface area contributed by atoms with E-state index in [-0.39, 0.29) is 18.9 Å². The van der Waals surface area contributed by atoms with Crippen LogP contribution in [0, 0.1) is 0 Å². The number of rotatable bonds is 4. The summed E-state index contributed by atoms with van der Waals surface area (Å²) in [5.41, 5.74) is 1.01. The SMILES string of the molecule is CN=C1NCC/C1=C/N(C=O)C1CCC(CO)O1. The van der Waals surface area contributed by atoms with E-state index in [0.717, 1.165) is 43.6 Å². The number of carbonyl (C=O) groups excluding carboxylic acids is 1. The Morgan fingerprint density at radius 2 is 2.44 bits per heavy atom. The van der Waals surface area contributed by atoms with Crippen molar-refractivity contribution in [3.05, 3.63) is 11.8 Å². The second-order valence-corrected chi connectivity index (χ2v) is 4.43. The number of aliphatic imine (C=N–C) groups is 1. The molecule has 0 aromatic carbocycles. The van der Waals surface area contributed by atoms with Crippen LogP contribution in [-0.2, 0) is 9.53 Å². The van der Waals surface area contributed by atoms with Gasteiger partial charge in [0.1, 0.15) is 12.1 Å². The number of amides is 1. The molecule has 1 amide bonds. The summed E-state index contributed by atoms with van der Waals surface area (Å²) < 4.78 is 5.58. The first-order valence-corrected chi connectivity index (χ1v) is 6.19. The fourth-order valence-corrected chi connectivity index (χ4v) is 2.30. The van der Waals surface area contributed by atoms with Gasteiger partial charge in [-0.2, -0.15) is 0 Å². The van der Waals surface area contributed by atoms with Crippen molar-refractivity contribution in [2.75, 3.05) is 20.2 Å². The standard InChI is InChI=1S/C12H19N3O3/c1-13-12-9(4-5-14-12)6-15(8-17)11-3-2-10(7-16)18-11/h6,8,10-11,16H,2-5,7H2,1H3,(H,13,14)/b9-6-. The summed E-state index contributed by atoms with van der Waals surface area (Å²) in [6.45, 7) is 0.846. The first kappa shape index (κ1) is 13.0. The largest absolute Gasteiger partial charge is 0.394 e. The maximum atomic E-state index is 11.1. The summed E-state index contributed by atoms with van der Waals surface area (Å²) >= 11 is 0. The first-order chi connectivity index (χ1) is 8.78. The molecule has 6 nitrogen and oxygen atoms in total. The van der Waals surface area contributed by atoms with E-state index in [1.54, 1.807) is 13.2 Å². The first-order valence-electron chi connectivity index (χ1n) is 6.19. The van der Waals surface area contributed by atoms with Crippen molar-refractivity contribution in [3.8, 4) is 0 Å². The normalized spacial score (nSPS) is 31.9. The molecule has 0 bridgehead atoms. The van der Waals surface area contributed by atoms with Crippen molar-refractivity contribution in [3.63, 3.8) is 0 Å². The van der Waals surface area contributed by atoms with Crippen molar-refractivity contribution in [1.82, 2.24) is 10.2 Å². The summed E-state index contributed by atoms with van der Waals surface area (Å²) in [5, 5.41) is 12.2. The number of aliphatic hydroxyl groups is 1. The number of hydrogen-bond acceptors (Lipinski definition) is 4. The Labute approximate surface area is 106 Å². The van der Waals surface area contributed by atoms with Crippen LogP contribution in [0.1, 0.15) is 19.3 Å². The predicted molar refractivity (Wildman–Crippen MR) is 66.9 cm³/mol. The second kappa shape index (κ2) is 5.97. The quantitative estimate of drug-likeness (QED) is 0.683. The van der Waals surface area contributed by atoms with E-state index in [9.17, 15) is 4.79 Å². The number of nitrogens with zero attached hydrogens (tertiary/aromatic N) is 2. The smallest absolute Gasteiger partial charge is 0.215 e. The Morgan fingerprint density at radius 1 is 1.61 bits per heavy atom. The molecule has 0 aromatic heterocycles. The van der Waals surface area contributed by atoms with Crippen LogP contribution in [0.3, 0.4) is 0 Å². The number of ether oxygens (including phenoxy) is 1. The van der Waals surface area contributed by atoms with Crippen LogP contribution in [-0.4, -0.2) is 54.8 Å². The third-order valence-corrected chi connectivity index (χ3v) is 3.26. The van der Waals surface area contributed by atoms with Crippen LogP contribution in [0.25, 0.3) is 0 Å². The van der Waals surface area contributed by atoms with Crippen molar-refractivity contribution < 1.29 is 14.6 Å². The Morgan fingerprint density at radius 3 is 3.06 bits per heavy atom. The molecule has 2 saturated heterocycles. The van der Waals surface area contributed by atoms with Crippen LogP contribution in [0.15, 0.2) is 16.8 Å². The number of amidine groups is 1. The highest BCUT2D eigenvalue weighted by Gasteiger charge is 2.29. The minimum Gasteiger partial charge on any atom is -0.394 e. The molecule has 2 rings (SSSR count). The van der Waals surface area contributed by atoms with Gasteiger partial charge in [-0.05, 0) is 19.3 Å². The molecule has 2 N–H and O–H groups in total. The van der Waals surface area contributed by atoms with Gasteiger partial charge in [0.05, 0.1) is 12.7 Å². The van der Waals surface area contributed by atoms with E-state index in [1.165, 1.54) is 4.90 Å². The molecule has 2 unspecified atom stereocenters. The van der Waals surface area contributed by atoms with Crippen LogP contribution in [0.2, 0.25) is 0 Å². The van der Waals surface area contributed by atoms with E-state index >= 15 is 0 Å². The fourth-order valence-electron chi connectivity index (χ4n) is 2.30. The molecular weight excluding hydrogens is 234 g/mol. The molecule has 2 heterocycles. The van der Waals surface area contributed by atoms with Gasteiger partial charge >= 0.3 is 0 Å². The Bertz CT molecular complexity index is 368. The highest BCUT2D eigenvalue weighted by atomic mass is 16.5. The van der Waals surface area contributed by atoms with Gasteiger partial charge in [0.2, 0.25) is 6.41 Å². The van der Waals surface area contributed by atoms with Gasteiger partial charge in [0.25, 0.3) is 0 Å². The van der Waals surface area contributed by atoms with Crippen LogP contribution in [0.5, 0.6) is 0 Å². The molecule has 0 aliphatic carbocycles. The molecule has 0 aromatic rings. The predicted octanol–water partition coefficient (Wildman–Crippen LogP) is -0.152. The Kier molecular flexibility index (Phi) is 4.33. The number of carbonyl (C=O) groups is 1. The fraction of sp³-hybridized carbons (Fsp3) is 0.667. The van der Waals surface area contributed by atoms with E-state index < -0.39 is 0 Å². The minimum atomic E-state index is -0.272.